The molecule has 0 N–H and O–H groups in total. The minimum atomic E-state index is 0.709. The van der Waals surface area contributed by atoms with Crippen LogP contribution in [0.3, 0.4) is 0 Å². The van der Waals surface area contributed by atoms with E-state index < -0.39 is 0 Å². The number of hydrogen-bond donors (Lipinski definition) is 0. The molecular formula is C12H12N2. The summed E-state index contributed by atoms with van der Waals surface area (Å²) in [4.78, 5) is 8.62. The Balaban J connectivity index is 3.49. The largest absolute Gasteiger partial charge is 0.245 e. The van der Waals surface area contributed by atoms with Gasteiger partial charge in [-0.15, -0.1) is 0 Å². The van der Waals surface area contributed by atoms with Crippen LogP contribution in [0.2, 0.25) is 0 Å². The van der Waals surface area contributed by atoms with Gasteiger partial charge in [-0.2, -0.15) is 0 Å². The summed E-state index contributed by atoms with van der Waals surface area (Å²) >= 11 is 0. The highest BCUT2D eigenvalue weighted by Gasteiger charge is 2.04. The standard InChI is InChI=1S/C12H12N2/c1-5-9-10(6-2)14-12(8-4)11(7-3)13-9/h5-8H,1-4H2. The van der Waals surface area contributed by atoms with E-state index in [1.165, 1.54) is 0 Å². The molecular weight excluding hydrogens is 172 g/mol. The number of hydrogen-bond acceptors (Lipinski definition) is 2. The van der Waals surface area contributed by atoms with E-state index in [0.717, 1.165) is 0 Å². The van der Waals surface area contributed by atoms with Crippen molar-refractivity contribution in [2.75, 3.05) is 0 Å². The third-order valence-electron chi connectivity index (χ3n) is 1.78. The highest BCUT2D eigenvalue weighted by Crippen LogP contribution is 2.13. The zero-order chi connectivity index (χ0) is 10.6. The topological polar surface area (TPSA) is 25.8 Å². The summed E-state index contributed by atoms with van der Waals surface area (Å²) in [6.45, 7) is 14.6. The van der Waals surface area contributed by atoms with Crippen LogP contribution in [0.4, 0.5) is 0 Å². The van der Waals surface area contributed by atoms with Gasteiger partial charge in [0.1, 0.15) is 0 Å². The second-order valence-corrected chi connectivity index (χ2v) is 2.58. The molecule has 1 rings (SSSR count). The lowest BCUT2D eigenvalue weighted by molar-refractivity contribution is 1.12. The van der Waals surface area contributed by atoms with Gasteiger partial charge in [0.15, 0.2) is 0 Å². The molecule has 0 aromatic carbocycles. The normalized spacial score (nSPS) is 9.14. The lowest BCUT2D eigenvalue weighted by Gasteiger charge is -2.04. The van der Waals surface area contributed by atoms with Crippen molar-refractivity contribution in [2.24, 2.45) is 0 Å². The van der Waals surface area contributed by atoms with Crippen molar-refractivity contribution >= 4 is 24.3 Å². The Morgan fingerprint density at radius 2 is 0.786 bits per heavy atom. The van der Waals surface area contributed by atoms with Crippen LogP contribution in [0.5, 0.6) is 0 Å². The van der Waals surface area contributed by atoms with Crippen LogP contribution in [0.25, 0.3) is 24.3 Å². The molecule has 0 unspecified atom stereocenters. The molecule has 0 spiro atoms. The van der Waals surface area contributed by atoms with Crippen LogP contribution in [0, 0.1) is 0 Å². The van der Waals surface area contributed by atoms with Crippen molar-refractivity contribution in [2.45, 2.75) is 0 Å². The van der Waals surface area contributed by atoms with Crippen LogP contribution < -0.4 is 0 Å². The molecule has 0 saturated carbocycles. The average molecular weight is 184 g/mol. The molecule has 2 heteroatoms. The van der Waals surface area contributed by atoms with Crippen LogP contribution in [0.15, 0.2) is 26.3 Å². The SMILES string of the molecule is C=Cc1nc(C=C)c(C=C)nc1C=C. The van der Waals surface area contributed by atoms with E-state index in [0.29, 0.717) is 22.8 Å². The first-order valence-corrected chi connectivity index (χ1v) is 4.18. The predicted octanol–water partition coefficient (Wildman–Crippen LogP) is 3.05. The molecule has 70 valence electrons. The smallest absolute Gasteiger partial charge is 0.0888 e. The van der Waals surface area contributed by atoms with Crippen molar-refractivity contribution in [3.63, 3.8) is 0 Å². The molecule has 1 heterocycles. The van der Waals surface area contributed by atoms with Gasteiger partial charge in [0, 0.05) is 0 Å². The minimum Gasteiger partial charge on any atom is -0.245 e. The fraction of sp³-hybridized carbons (Fsp3) is 0. The Morgan fingerprint density at radius 3 is 0.929 bits per heavy atom. The van der Waals surface area contributed by atoms with Crippen molar-refractivity contribution in [3.05, 3.63) is 49.1 Å². The molecule has 0 radical (unpaired) electrons. The van der Waals surface area contributed by atoms with Gasteiger partial charge in [-0.1, -0.05) is 26.3 Å². The van der Waals surface area contributed by atoms with Crippen LogP contribution in [-0.4, -0.2) is 9.97 Å². The van der Waals surface area contributed by atoms with Gasteiger partial charge < -0.3 is 0 Å². The zero-order valence-corrected chi connectivity index (χ0v) is 8.03. The molecule has 0 aliphatic heterocycles. The molecule has 0 atom stereocenters. The summed E-state index contributed by atoms with van der Waals surface area (Å²) in [6, 6.07) is 0. The molecule has 0 aliphatic rings. The van der Waals surface area contributed by atoms with Gasteiger partial charge in [-0.25, -0.2) is 9.97 Å². The highest BCUT2D eigenvalue weighted by atomic mass is 14.8. The van der Waals surface area contributed by atoms with Crippen LogP contribution in [-0.2, 0) is 0 Å². The summed E-state index contributed by atoms with van der Waals surface area (Å²) in [6.07, 6.45) is 6.57. The van der Waals surface area contributed by atoms with E-state index in [1.807, 2.05) is 0 Å². The first kappa shape index (κ1) is 10.1. The minimum absolute atomic E-state index is 0.709. The summed E-state index contributed by atoms with van der Waals surface area (Å²) in [5, 5.41) is 0. The van der Waals surface area contributed by atoms with E-state index in [9.17, 15) is 0 Å². The molecule has 1 aromatic heterocycles. The molecule has 0 amide bonds. The number of aromatic nitrogens is 2. The maximum Gasteiger partial charge on any atom is 0.0888 e. The Bertz CT molecular complexity index is 329. The van der Waals surface area contributed by atoms with E-state index in [4.69, 9.17) is 0 Å². The summed E-state index contributed by atoms with van der Waals surface area (Å²) in [5.41, 5.74) is 2.84. The van der Waals surface area contributed by atoms with Crippen molar-refractivity contribution in [3.8, 4) is 0 Å². The summed E-state index contributed by atoms with van der Waals surface area (Å²) in [7, 11) is 0. The van der Waals surface area contributed by atoms with Crippen LogP contribution >= 0.6 is 0 Å². The second-order valence-electron chi connectivity index (χ2n) is 2.58. The van der Waals surface area contributed by atoms with E-state index in [-0.39, 0.29) is 0 Å². The predicted molar refractivity (Wildman–Crippen MR) is 62.4 cm³/mol. The van der Waals surface area contributed by atoms with Crippen molar-refractivity contribution in [1.29, 1.82) is 0 Å². The third-order valence-corrected chi connectivity index (χ3v) is 1.78. The summed E-state index contributed by atoms with van der Waals surface area (Å²) < 4.78 is 0. The number of nitrogens with zero attached hydrogens (tertiary/aromatic N) is 2. The zero-order valence-electron chi connectivity index (χ0n) is 8.03. The molecule has 1 aromatic rings. The van der Waals surface area contributed by atoms with Gasteiger partial charge in [-0.3, -0.25) is 0 Å². The maximum absolute atomic E-state index is 4.31. The van der Waals surface area contributed by atoms with Gasteiger partial charge in [0.05, 0.1) is 22.8 Å². The van der Waals surface area contributed by atoms with Crippen LogP contribution in [0.1, 0.15) is 22.8 Å². The maximum atomic E-state index is 4.31. The Kier molecular flexibility index (Phi) is 3.13. The van der Waals surface area contributed by atoms with E-state index in [1.54, 1.807) is 24.3 Å². The summed E-state index contributed by atoms with van der Waals surface area (Å²) in [5.74, 6) is 0. The van der Waals surface area contributed by atoms with Crippen molar-refractivity contribution in [1.82, 2.24) is 9.97 Å². The molecule has 0 fully saturated rings. The second kappa shape index (κ2) is 4.33. The molecule has 0 bridgehead atoms. The molecule has 14 heavy (non-hydrogen) atoms. The Hall–Kier alpha value is -1.96. The number of rotatable bonds is 4. The molecule has 0 aliphatic carbocycles. The van der Waals surface area contributed by atoms with E-state index in [2.05, 4.69) is 36.3 Å². The molecule has 0 saturated heterocycles. The van der Waals surface area contributed by atoms with Gasteiger partial charge in [0.25, 0.3) is 0 Å². The molecule has 2 nitrogen and oxygen atoms in total. The fourth-order valence-corrected chi connectivity index (χ4v) is 1.09. The quantitative estimate of drug-likeness (QED) is 0.718. The lowest BCUT2D eigenvalue weighted by Crippen LogP contribution is -1.98. The third kappa shape index (κ3) is 1.69. The lowest BCUT2D eigenvalue weighted by atomic mass is 10.2. The van der Waals surface area contributed by atoms with E-state index >= 15 is 0 Å². The van der Waals surface area contributed by atoms with Gasteiger partial charge in [0.2, 0.25) is 0 Å². The van der Waals surface area contributed by atoms with Gasteiger partial charge >= 0.3 is 0 Å². The average Bonchev–Trinajstić information content (AvgIpc) is 2.26. The van der Waals surface area contributed by atoms with Crippen molar-refractivity contribution < 1.29 is 0 Å². The fourth-order valence-electron chi connectivity index (χ4n) is 1.09. The Morgan fingerprint density at radius 1 is 0.571 bits per heavy atom. The Labute approximate surface area is 84.0 Å². The highest BCUT2D eigenvalue weighted by molar-refractivity contribution is 5.64. The first-order chi connectivity index (χ1) is 6.76. The monoisotopic (exact) mass is 184 g/mol. The first-order valence-electron chi connectivity index (χ1n) is 4.18. The van der Waals surface area contributed by atoms with Gasteiger partial charge in [-0.05, 0) is 24.3 Å².